The molecule has 0 radical (unpaired) electrons. The van der Waals surface area contributed by atoms with E-state index < -0.39 is 5.82 Å². The lowest BCUT2D eigenvalue weighted by Gasteiger charge is -2.34. The van der Waals surface area contributed by atoms with E-state index in [4.69, 9.17) is 17.3 Å². The van der Waals surface area contributed by atoms with Crippen LogP contribution in [0.4, 0.5) is 10.1 Å². The minimum absolute atomic E-state index is 0. The predicted molar refractivity (Wildman–Crippen MR) is 90.1 cm³/mol. The highest BCUT2D eigenvalue weighted by Crippen LogP contribution is 2.23. The van der Waals surface area contributed by atoms with Crippen LogP contribution < -0.4 is 11.1 Å². The van der Waals surface area contributed by atoms with Crippen molar-refractivity contribution in [2.24, 2.45) is 11.7 Å². The fourth-order valence-electron chi connectivity index (χ4n) is 2.65. The van der Waals surface area contributed by atoms with Crippen molar-refractivity contribution in [1.82, 2.24) is 4.90 Å². The molecule has 1 aromatic carbocycles. The van der Waals surface area contributed by atoms with E-state index in [1.807, 2.05) is 6.92 Å². The average Bonchev–Trinajstić information content (AvgIpc) is 2.42. The molecule has 0 bridgehead atoms. The van der Waals surface area contributed by atoms with Crippen LogP contribution in [0.1, 0.15) is 19.8 Å². The maximum Gasteiger partial charge on any atom is 0.238 e. The number of benzene rings is 1. The van der Waals surface area contributed by atoms with E-state index in [9.17, 15) is 9.18 Å². The molecule has 2 unspecified atom stereocenters. The summed E-state index contributed by atoms with van der Waals surface area (Å²) < 4.78 is 13.0. The van der Waals surface area contributed by atoms with Crippen LogP contribution >= 0.6 is 24.0 Å². The SMILES string of the molecule is CC(N)C1CCCN(CC(=O)Nc2ccc(F)cc2Cl)C1.Cl. The average molecular weight is 350 g/mol. The lowest BCUT2D eigenvalue weighted by molar-refractivity contribution is -0.117. The highest BCUT2D eigenvalue weighted by atomic mass is 35.5. The van der Waals surface area contributed by atoms with Crippen molar-refractivity contribution in [3.63, 3.8) is 0 Å². The minimum atomic E-state index is -0.422. The fourth-order valence-corrected chi connectivity index (χ4v) is 2.86. The van der Waals surface area contributed by atoms with Crippen molar-refractivity contribution in [2.75, 3.05) is 25.0 Å². The lowest BCUT2D eigenvalue weighted by atomic mass is 9.92. The summed E-state index contributed by atoms with van der Waals surface area (Å²) in [6.45, 7) is 4.04. The van der Waals surface area contributed by atoms with Crippen molar-refractivity contribution >= 4 is 35.6 Å². The van der Waals surface area contributed by atoms with Gasteiger partial charge in [-0.25, -0.2) is 4.39 Å². The molecule has 0 aliphatic carbocycles. The van der Waals surface area contributed by atoms with Gasteiger partial charge < -0.3 is 11.1 Å². The fraction of sp³-hybridized carbons (Fsp3) is 0.533. The summed E-state index contributed by atoms with van der Waals surface area (Å²) in [5.41, 5.74) is 6.37. The summed E-state index contributed by atoms with van der Waals surface area (Å²) in [6, 6.07) is 4.07. The molecule has 1 heterocycles. The standard InChI is InChI=1S/C15H21ClFN3O.ClH/c1-10(18)11-3-2-6-20(8-11)9-15(21)19-14-5-4-12(17)7-13(14)16;/h4-5,7,10-11H,2-3,6,8-9,18H2,1H3,(H,19,21);1H. The van der Waals surface area contributed by atoms with E-state index in [1.54, 1.807) is 0 Å². The number of carbonyl (C=O) groups is 1. The van der Waals surface area contributed by atoms with Crippen molar-refractivity contribution in [2.45, 2.75) is 25.8 Å². The number of nitrogens with one attached hydrogen (secondary N) is 1. The van der Waals surface area contributed by atoms with Crippen LogP contribution in [0.2, 0.25) is 5.02 Å². The van der Waals surface area contributed by atoms with Crippen molar-refractivity contribution in [1.29, 1.82) is 0 Å². The summed E-state index contributed by atoms with van der Waals surface area (Å²) in [4.78, 5) is 14.2. The Morgan fingerprint density at radius 1 is 1.59 bits per heavy atom. The third-order valence-corrected chi connectivity index (χ3v) is 4.17. The highest BCUT2D eigenvalue weighted by molar-refractivity contribution is 6.33. The summed E-state index contributed by atoms with van der Waals surface area (Å²) in [5.74, 6) is -0.136. The van der Waals surface area contributed by atoms with E-state index in [0.29, 0.717) is 18.2 Å². The smallest absolute Gasteiger partial charge is 0.238 e. The second kappa shape index (κ2) is 8.67. The number of halogens is 3. The van der Waals surface area contributed by atoms with Gasteiger partial charge in [0.25, 0.3) is 0 Å². The van der Waals surface area contributed by atoms with Crippen LogP contribution in [0.25, 0.3) is 0 Å². The number of hydrogen-bond acceptors (Lipinski definition) is 3. The van der Waals surface area contributed by atoms with Gasteiger partial charge in [0.2, 0.25) is 5.91 Å². The van der Waals surface area contributed by atoms with E-state index in [-0.39, 0.29) is 29.4 Å². The summed E-state index contributed by atoms with van der Waals surface area (Å²) in [6.07, 6.45) is 2.16. The van der Waals surface area contributed by atoms with Crippen molar-refractivity contribution in [3.05, 3.63) is 29.0 Å². The molecule has 1 aliphatic rings. The Hall–Kier alpha value is -0.880. The van der Waals surface area contributed by atoms with E-state index in [1.165, 1.54) is 18.2 Å². The van der Waals surface area contributed by atoms with Gasteiger partial charge in [-0.3, -0.25) is 9.69 Å². The largest absolute Gasteiger partial charge is 0.328 e. The maximum absolute atomic E-state index is 13.0. The molecule has 0 saturated carbocycles. The molecule has 124 valence electrons. The minimum Gasteiger partial charge on any atom is -0.328 e. The van der Waals surface area contributed by atoms with Gasteiger partial charge in [0.1, 0.15) is 5.82 Å². The number of nitrogens with zero attached hydrogens (tertiary/aromatic N) is 1. The highest BCUT2D eigenvalue weighted by Gasteiger charge is 2.24. The van der Waals surface area contributed by atoms with Crippen LogP contribution in [0.15, 0.2) is 18.2 Å². The summed E-state index contributed by atoms with van der Waals surface area (Å²) in [5, 5.41) is 2.92. The Morgan fingerprint density at radius 2 is 2.32 bits per heavy atom. The number of amides is 1. The monoisotopic (exact) mass is 349 g/mol. The van der Waals surface area contributed by atoms with E-state index in [0.717, 1.165) is 25.9 Å². The van der Waals surface area contributed by atoms with Gasteiger partial charge in [-0.15, -0.1) is 12.4 Å². The molecule has 3 N–H and O–H groups in total. The second-order valence-electron chi connectivity index (χ2n) is 5.67. The molecule has 2 rings (SSSR count). The maximum atomic E-state index is 13.0. The molecular formula is C15H22Cl2FN3O. The molecule has 1 saturated heterocycles. The number of carbonyl (C=O) groups excluding carboxylic acids is 1. The van der Waals surface area contributed by atoms with Gasteiger partial charge in [0.05, 0.1) is 17.3 Å². The van der Waals surface area contributed by atoms with Gasteiger partial charge in [0.15, 0.2) is 0 Å². The molecule has 2 atom stereocenters. The number of nitrogens with two attached hydrogens (primary N) is 1. The molecule has 0 aromatic heterocycles. The summed E-state index contributed by atoms with van der Waals surface area (Å²) in [7, 11) is 0. The van der Waals surface area contributed by atoms with Gasteiger partial charge in [0, 0.05) is 12.6 Å². The Morgan fingerprint density at radius 3 is 2.95 bits per heavy atom. The van der Waals surface area contributed by atoms with Crippen LogP contribution in [-0.2, 0) is 4.79 Å². The van der Waals surface area contributed by atoms with Crippen molar-refractivity contribution < 1.29 is 9.18 Å². The zero-order valence-corrected chi connectivity index (χ0v) is 14.1. The zero-order chi connectivity index (χ0) is 15.4. The van der Waals surface area contributed by atoms with E-state index in [2.05, 4.69) is 10.2 Å². The Labute approximate surface area is 141 Å². The molecule has 4 nitrogen and oxygen atoms in total. The summed E-state index contributed by atoms with van der Waals surface area (Å²) >= 11 is 5.90. The van der Waals surface area contributed by atoms with Gasteiger partial charge in [-0.05, 0) is 50.4 Å². The van der Waals surface area contributed by atoms with Crippen LogP contribution in [-0.4, -0.2) is 36.5 Å². The molecular weight excluding hydrogens is 328 g/mol. The first-order valence-electron chi connectivity index (χ1n) is 7.18. The molecule has 1 fully saturated rings. The van der Waals surface area contributed by atoms with Crippen LogP contribution in [0.5, 0.6) is 0 Å². The number of likely N-dealkylation sites (tertiary alicyclic amines) is 1. The number of anilines is 1. The second-order valence-corrected chi connectivity index (χ2v) is 6.08. The molecule has 1 aliphatic heterocycles. The first kappa shape index (κ1) is 19.2. The normalized spacial score (nSPS) is 20.1. The lowest BCUT2D eigenvalue weighted by Crippen LogP contribution is -2.45. The topological polar surface area (TPSA) is 58.4 Å². The van der Waals surface area contributed by atoms with Gasteiger partial charge in [-0.1, -0.05) is 11.6 Å². The Bertz CT molecular complexity index is 514. The van der Waals surface area contributed by atoms with Crippen LogP contribution in [0.3, 0.4) is 0 Å². The molecule has 22 heavy (non-hydrogen) atoms. The van der Waals surface area contributed by atoms with Crippen LogP contribution in [0, 0.1) is 11.7 Å². The zero-order valence-electron chi connectivity index (χ0n) is 12.5. The predicted octanol–water partition coefficient (Wildman–Crippen LogP) is 2.90. The third-order valence-electron chi connectivity index (χ3n) is 3.86. The molecule has 7 heteroatoms. The third kappa shape index (κ3) is 5.39. The quantitative estimate of drug-likeness (QED) is 0.878. The number of rotatable bonds is 4. The van der Waals surface area contributed by atoms with Gasteiger partial charge >= 0.3 is 0 Å². The van der Waals surface area contributed by atoms with E-state index >= 15 is 0 Å². The number of hydrogen-bond donors (Lipinski definition) is 2. The van der Waals surface area contributed by atoms with Gasteiger partial charge in [-0.2, -0.15) is 0 Å². The molecule has 1 aromatic rings. The Kier molecular flexibility index (Phi) is 7.56. The number of piperidine rings is 1. The first-order chi connectivity index (χ1) is 9.95. The molecule has 1 amide bonds. The first-order valence-corrected chi connectivity index (χ1v) is 7.56. The molecule has 0 spiro atoms. The Balaban J connectivity index is 0.00000242. The van der Waals surface area contributed by atoms with Crippen molar-refractivity contribution in [3.8, 4) is 0 Å².